The molecule has 1 saturated heterocycles. The number of amides is 3. The molecular formula is C24H21BrN2O2Se. The fourth-order valence-electron chi connectivity index (χ4n) is 3.86. The fraction of sp³-hybridized carbons (Fsp3) is 0.167. The molecule has 0 radical (unpaired) electrons. The summed E-state index contributed by atoms with van der Waals surface area (Å²) in [4.78, 5) is 30.2. The SMILES string of the molecule is C=CCC1([Se]c2ccccc2)CN(C)C(=O)N(c2cccc3c(Br)cccc23)C1=O. The Morgan fingerprint density at radius 2 is 1.73 bits per heavy atom. The van der Waals surface area contributed by atoms with Crippen LogP contribution in [0.4, 0.5) is 10.5 Å². The summed E-state index contributed by atoms with van der Waals surface area (Å²) in [6.45, 7) is 4.29. The molecule has 0 saturated carbocycles. The molecule has 1 aliphatic rings. The first-order valence-corrected chi connectivity index (χ1v) is 12.1. The van der Waals surface area contributed by atoms with Crippen molar-refractivity contribution in [2.24, 2.45) is 0 Å². The standard InChI is InChI=1S/C24H21BrN2O2Se/c1-3-15-24(30-17-9-5-4-6-10-17)16-26(2)23(29)27(22(24)28)21-14-8-11-18-19(21)12-7-13-20(18)25/h3-14H,1,15-16H2,2H3. The third-order valence-corrected chi connectivity index (χ3v) is 8.78. The molecule has 152 valence electrons. The van der Waals surface area contributed by atoms with E-state index in [0.29, 0.717) is 18.7 Å². The number of benzene rings is 3. The number of nitrogens with zero attached hydrogens (tertiary/aromatic N) is 2. The summed E-state index contributed by atoms with van der Waals surface area (Å²) in [5, 5.41) is 1.83. The third kappa shape index (κ3) is 3.60. The van der Waals surface area contributed by atoms with Crippen LogP contribution < -0.4 is 9.36 Å². The first kappa shape index (κ1) is 20.9. The van der Waals surface area contributed by atoms with Crippen LogP contribution in [0.3, 0.4) is 0 Å². The molecule has 3 aromatic rings. The summed E-state index contributed by atoms with van der Waals surface area (Å²) >= 11 is 3.41. The number of carbonyl (C=O) groups excluding carboxylic acids is 2. The number of allylic oxidation sites excluding steroid dienone is 1. The van der Waals surface area contributed by atoms with E-state index in [9.17, 15) is 9.59 Å². The summed E-state index contributed by atoms with van der Waals surface area (Å²) in [6, 6.07) is 21.3. The molecule has 1 aliphatic heterocycles. The molecule has 3 amide bonds. The van der Waals surface area contributed by atoms with E-state index in [2.05, 4.69) is 22.5 Å². The number of urea groups is 1. The van der Waals surface area contributed by atoms with E-state index >= 15 is 0 Å². The Morgan fingerprint density at radius 1 is 1.03 bits per heavy atom. The Morgan fingerprint density at radius 3 is 2.47 bits per heavy atom. The minimum atomic E-state index is -0.701. The zero-order valence-corrected chi connectivity index (χ0v) is 19.8. The van der Waals surface area contributed by atoms with Gasteiger partial charge in [-0.05, 0) is 0 Å². The van der Waals surface area contributed by atoms with Crippen molar-refractivity contribution in [1.82, 2.24) is 4.90 Å². The van der Waals surface area contributed by atoms with Crippen molar-refractivity contribution in [2.45, 2.75) is 10.7 Å². The number of carbonyl (C=O) groups is 2. The topological polar surface area (TPSA) is 40.6 Å². The van der Waals surface area contributed by atoms with Gasteiger partial charge in [0.2, 0.25) is 0 Å². The number of hydrogen-bond donors (Lipinski definition) is 0. The monoisotopic (exact) mass is 528 g/mol. The van der Waals surface area contributed by atoms with Gasteiger partial charge in [0.15, 0.2) is 0 Å². The number of anilines is 1. The molecule has 0 aliphatic carbocycles. The number of fused-ring (bicyclic) bond motifs is 1. The molecule has 0 aromatic heterocycles. The van der Waals surface area contributed by atoms with Crippen LogP contribution in [0, 0.1) is 0 Å². The van der Waals surface area contributed by atoms with Crippen molar-refractivity contribution >= 4 is 63.7 Å². The Hall–Kier alpha value is -2.40. The predicted molar refractivity (Wildman–Crippen MR) is 126 cm³/mol. The minimum absolute atomic E-state index is 0.151. The van der Waals surface area contributed by atoms with Crippen LogP contribution in [-0.4, -0.2) is 45.4 Å². The van der Waals surface area contributed by atoms with Crippen molar-refractivity contribution in [3.63, 3.8) is 0 Å². The predicted octanol–water partition coefficient (Wildman–Crippen LogP) is 4.77. The number of imide groups is 1. The van der Waals surface area contributed by atoms with Gasteiger partial charge in [0, 0.05) is 0 Å². The van der Waals surface area contributed by atoms with E-state index in [1.165, 1.54) is 4.90 Å². The van der Waals surface area contributed by atoms with E-state index in [1.807, 2.05) is 66.7 Å². The summed E-state index contributed by atoms with van der Waals surface area (Å²) < 4.78 is 1.36. The van der Waals surface area contributed by atoms with E-state index in [1.54, 1.807) is 18.0 Å². The van der Waals surface area contributed by atoms with Crippen LogP contribution in [0.1, 0.15) is 6.42 Å². The van der Waals surface area contributed by atoms with Gasteiger partial charge in [0.1, 0.15) is 0 Å². The summed E-state index contributed by atoms with van der Waals surface area (Å²) in [5.41, 5.74) is 0.618. The second-order valence-electron chi connectivity index (χ2n) is 7.29. The van der Waals surface area contributed by atoms with Gasteiger partial charge in [-0.15, -0.1) is 0 Å². The van der Waals surface area contributed by atoms with Gasteiger partial charge < -0.3 is 0 Å². The average Bonchev–Trinajstić information content (AvgIpc) is 2.74. The molecule has 30 heavy (non-hydrogen) atoms. The average molecular weight is 528 g/mol. The quantitative estimate of drug-likeness (QED) is 0.354. The Kier molecular flexibility index (Phi) is 5.83. The van der Waals surface area contributed by atoms with Crippen molar-refractivity contribution in [3.05, 3.63) is 83.9 Å². The molecular weight excluding hydrogens is 507 g/mol. The molecule has 1 unspecified atom stereocenters. The molecule has 4 nitrogen and oxygen atoms in total. The van der Waals surface area contributed by atoms with Gasteiger partial charge in [0.25, 0.3) is 0 Å². The molecule has 1 heterocycles. The van der Waals surface area contributed by atoms with Gasteiger partial charge in [-0.1, -0.05) is 0 Å². The van der Waals surface area contributed by atoms with E-state index < -0.39 is 4.31 Å². The van der Waals surface area contributed by atoms with Crippen LogP contribution in [0.2, 0.25) is 4.31 Å². The van der Waals surface area contributed by atoms with Gasteiger partial charge in [0.05, 0.1) is 0 Å². The van der Waals surface area contributed by atoms with Gasteiger partial charge in [-0.3, -0.25) is 0 Å². The van der Waals surface area contributed by atoms with Crippen molar-refractivity contribution in [3.8, 4) is 0 Å². The van der Waals surface area contributed by atoms with Gasteiger partial charge in [-0.25, -0.2) is 0 Å². The van der Waals surface area contributed by atoms with Crippen molar-refractivity contribution in [1.29, 1.82) is 0 Å². The Balaban J connectivity index is 1.86. The maximum atomic E-state index is 14.0. The van der Waals surface area contributed by atoms with Crippen LogP contribution in [-0.2, 0) is 4.79 Å². The van der Waals surface area contributed by atoms with E-state index in [0.717, 1.165) is 19.7 Å². The van der Waals surface area contributed by atoms with Crippen LogP contribution in [0.15, 0.2) is 83.9 Å². The number of rotatable bonds is 5. The molecule has 0 bridgehead atoms. The van der Waals surface area contributed by atoms with Crippen molar-refractivity contribution < 1.29 is 9.59 Å². The molecule has 0 spiro atoms. The number of hydrogen-bond acceptors (Lipinski definition) is 2. The maximum absolute atomic E-state index is 14.0. The molecule has 4 rings (SSSR count). The normalized spacial score (nSPS) is 19.4. The molecule has 6 heteroatoms. The van der Waals surface area contributed by atoms with Crippen LogP contribution in [0.5, 0.6) is 0 Å². The fourth-order valence-corrected chi connectivity index (χ4v) is 7.26. The molecule has 3 aromatic carbocycles. The molecule has 0 N–H and O–H groups in total. The molecule has 1 atom stereocenters. The molecule has 1 fully saturated rings. The number of halogens is 1. The first-order valence-electron chi connectivity index (χ1n) is 9.59. The summed E-state index contributed by atoms with van der Waals surface area (Å²) in [5.74, 6) is -0.151. The first-order chi connectivity index (χ1) is 14.5. The second kappa shape index (κ2) is 8.38. The van der Waals surface area contributed by atoms with E-state index in [-0.39, 0.29) is 26.9 Å². The van der Waals surface area contributed by atoms with Gasteiger partial charge >= 0.3 is 191 Å². The van der Waals surface area contributed by atoms with Crippen LogP contribution >= 0.6 is 15.9 Å². The van der Waals surface area contributed by atoms with Gasteiger partial charge in [-0.2, -0.15) is 0 Å². The Bertz CT molecular complexity index is 1130. The van der Waals surface area contributed by atoms with E-state index in [4.69, 9.17) is 0 Å². The van der Waals surface area contributed by atoms with Crippen LogP contribution in [0.25, 0.3) is 10.8 Å². The Labute approximate surface area is 190 Å². The van der Waals surface area contributed by atoms with Crippen molar-refractivity contribution in [2.75, 3.05) is 18.5 Å². The zero-order valence-electron chi connectivity index (χ0n) is 16.5. The second-order valence-corrected chi connectivity index (χ2v) is 11.2. The summed E-state index contributed by atoms with van der Waals surface area (Å²) in [7, 11) is 1.77. The summed E-state index contributed by atoms with van der Waals surface area (Å²) in [6.07, 6.45) is 2.31. The zero-order chi connectivity index (χ0) is 21.3. The third-order valence-electron chi connectivity index (χ3n) is 5.22.